The van der Waals surface area contributed by atoms with E-state index in [0.717, 1.165) is 6.42 Å². The van der Waals surface area contributed by atoms with Gasteiger partial charge in [-0.05, 0) is 6.42 Å². The Kier molecular flexibility index (Phi) is 4.66. The van der Waals surface area contributed by atoms with Crippen LogP contribution in [-0.4, -0.2) is 66.2 Å². The summed E-state index contributed by atoms with van der Waals surface area (Å²) in [6.45, 7) is 3.26. The van der Waals surface area contributed by atoms with Crippen LogP contribution in [0.25, 0.3) is 11.2 Å². The molecule has 3 aromatic heterocycles. The average Bonchev–Trinajstić information content (AvgIpc) is 3.51. The Balaban J connectivity index is 1.44. The van der Waals surface area contributed by atoms with E-state index in [1.807, 2.05) is 6.92 Å². The minimum atomic E-state index is -1.20. The minimum absolute atomic E-state index is 0.163. The molecule has 0 radical (unpaired) electrons. The van der Waals surface area contributed by atoms with Crippen LogP contribution in [0.4, 0.5) is 5.82 Å². The molecule has 0 unspecified atom stereocenters. The topological polar surface area (TPSA) is 141 Å². The van der Waals surface area contributed by atoms with Crippen molar-refractivity contribution in [2.45, 2.75) is 50.3 Å². The summed E-state index contributed by atoms with van der Waals surface area (Å²) < 4.78 is 18.5. The minimum Gasteiger partial charge on any atom is -0.443 e. The van der Waals surface area contributed by atoms with E-state index in [0.29, 0.717) is 42.4 Å². The van der Waals surface area contributed by atoms with Crippen LogP contribution in [0, 0.1) is 0 Å². The molecular formula is C18H22N6O5. The highest BCUT2D eigenvalue weighted by atomic mass is 16.6. The molecule has 0 aliphatic carbocycles. The summed E-state index contributed by atoms with van der Waals surface area (Å²) in [6.07, 6.45) is 1.92. The number of anilines is 1. The van der Waals surface area contributed by atoms with E-state index in [9.17, 15) is 10.2 Å². The highest BCUT2D eigenvalue weighted by Crippen LogP contribution is 2.39. The normalized spacial score (nSPS) is 29.7. The summed E-state index contributed by atoms with van der Waals surface area (Å²) in [7, 11) is 0. The van der Waals surface area contributed by atoms with Gasteiger partial charge in [0, 0.05) is 13.0 Å². The van der Waals surface area contributed by atoms with E-state index in [1.54, 1.807) is 10.8 Å². The number of ether oxygens (including phenoxy) is 2. The Hall–Kier alpha value is -2.60. The Morgan fingerprint density at radius 3 is 2.86 bits per heavy atom. The molecule has 2 aliphatic rings. The molecule has 0 bridgehead atoms. The monoisotopic (exact) mass is 402 g/mol. The van der Waals surface area contributed by atoms with Gasteiger partial charge in [-0.3, -0.25) is 4.57 Å². The number of imidazole rings is 1. The van der Waals surface area contributed by atoms with Crippen molar-refractivity contribution in [3.8, 4) is 0 Å². The van der Waals surface area contributed by atoms with Crippen molar-refractivity contribution in [3.05, 3.63) is 30.5 Å². The molecule has 2 saturated heterocycles. The quantitative estimate of drug-likeness (QED) is 0.554. The molecule has 0 amide bonds. The van der Waals surface area contributed by atoms with Crippen molar-refractivity contribution < 1.29 is 24.1 Å². The number of nitrogens with zero attached hydrogens (tertiary/aromatic N) is 5. The number of aryl methyl sites for hydroxylation is 1. The van der Waals surface area contributed by atoms with E-state index < -0.39 is 24.5 Å². The lowest BCUT2D eigenvalue weighted by molar-refractivity contribution is -0.0439. The maximum Gasteiger partial charge on any atom is 0.226 e. The van der Waals surface area contributed by atoms with Gasteiger partial charge in [0.25, 0.3) is 0 Å². The van der Waals surface area contributed by atoms with Gasteiger partial charge < -0.3 is 29.4 Å². The molecule has 11 nitrogen and oxygen atoms in total. The first-order valence-corrected chi connectivity index (χ1v) is 9.63. The molecule has 5 rings (SSSR count). The zero-order valence-corrected chi connectivity index (χ0v) is 15.8. The third-order valence-electron chi connectivity index (χ3n) is 5.31. The van der Waals surface area contributed by atoms with Gasteiger partial charge in [0.1, 0.15) is 24.3 Å². The van der Waals surface area contributed by atoms with Crippen LogP contribution < -0.4 is 5.32 Å². The highest BCUT2D eigenvalue weighted by molar-refractivity contribution is 5.82. The molecule has 0 aromatic carbocycles. The fourth-order valence-corrected chi connectivity index (χ4v) is 3.70. The van der Waals surface area contributed by atoms with Crippen molar-refractivity contribution in [1.82, 2.24) is 24.5 Å². The molecule has 0 saturated carbocycles. The van der Waals surface area contributed by atoms with Crippen molar-refractivity contribution in [2.75, 3.05) is 18.5 Å². The number of fused-ring (bicyclic) bond motifs is 1. The fraction of sp³-hybridized carbons (Fsp3) is 0.556. The second-order valence-electron chi connectivity index (χ2n) is 7.20. The average molecular weight is 402 g/mol. The number of aromatic nitrogens is 5. The molecule has 154 valence electrons. The van der Waals surface area contributed by atoms with Crippen LogP contribution in [0.2, 0.25) is 0 Å². The second-order valence-corrected chi connectivity index (χ2v) is 7.20. The number of hydrogen-bond acceptors (Lipinski definition) is 10. The second kappa shape index (κ2) is 7.34. The summed E-state index contributed by atoms with van der Waals surface area (Å²) in [5.74, 6) is 1.51. The number of aliphatic hydroxyl groups excluding tert-OH is 2. The van der Waals surface area contributed by atoms with Gasteiger partial charge in [-0.2, -0.15) is 0 Å². The van der Waals surface area contributed by atoms with E-state index in [4.69, 9.17) is 13.9 Å². The maximum atomic E-state index is 10.6. The summed E-state index contributed by atoms with van der Waals surface area (Å²) in [5, 5.41) is 24.4. The van der Waals surface area contributed by atoms with Gasteiger partial charge in [-0.1, -0.05) is 6.92 Å². The molecular weight excluding hydrogens is 380 g/mol. The highest BCUT2D eigenvalue weighted by Gasteiger charge is 2.47. The zero-order chi connectivity index (χ0) is 20.0. The SMILES string of the molecule is CCc1cnc([C@H]2O[C@@H](n3cnc4c(N[C@@H]5CCOC5)ncnc43)[C@H](O)[C@@H]2O)o1. The summed E-state index contributed by atoms with van der Waals surface area (Å²) >= 11 is 0. The molecule has 3 N–H and O–H groups in total. The molecule has 11 heteroatoms. The number of nitrogens with one attached hydrogen (secondary N) is 1. The lowest BCUT2D eigenvalue weighted by Gasteiger charge is -2.16. The maximum absolute atomic E-state index is 10.6. The van der Waals surface area contributed by atoms with Crippen LogP contribution >= 0.6 is 0 Å². The number of hydrogen-bond donors (Lipinski definition) is 3. The van der Waals surface area contributed by atoms with Gasteiger partial charge in [0.2, 0.25) is 5.89 Å². The molecule has 3 aromatic rings. The predicted molar refractivity (Wildman–Crippen MR) is 98.9 cm³/mol. The van der Waals surface area contributed by atoms with E-state index in [2.05, 4.69) is 25.3 Å². The standard InChI is InChI=1S/C18H22N6O5/c1-2-10-5-19-17(28-10)14-12(25)13(26)18(29-14)24-8-22-11-15(20-7-21-16(11)24)23-9-3-4-27-6-9/h5,7-9,12-14,18,25-26H,2-4,6H2,1H3,(H,20,21,23)/t9-,12+,13-,14+,18-/m1/s1. The molecule has 5 atom stereocenters. The van der Waals surface area contributed by atoms with Crippen LogP contribution in [0.1, 0.15) is 37.3 Å². The third-order valence-corrected chi connectivity index (χ3v) is 5.31. The number of rotatable bonds is 5. The smallest absolute Gasteiger partial charge is 0.226 e. The summed E-state index contributed by atoms with van der Waals surface area (Å²) in [5.41, 5.74) is 1.04. The molecule has 2 fully saturated rings. The Bertz CT molecular complexity index is 1000. The lowest BCUT2D eigenvalue weighted by Crippen LogP contribution is -2.29. The Labute approximate surface area is 165 Å². The van der Waals surface area contributed by atoms with Crippen LogP contribution in [-0.2, 0) is 15.9 Å². The first-order chi connectivity index (χ1) is 14.2. The number of aliphatic hydroxyl groups is 2. The molecule has 2 aliphatic heterocycles. The van der Waals surface area contributed by atoms with Crippen molar-refractivity contribution in [3.63, 3.8) is 0 Å². The molecule has 0 spiro atoms. The summed E-state index contributed by atoms with van der Waals surface area (Å²) in [6, 6.07) is 0.163. The van der Waals surface area contributed by atoms with Crippen molar-refractivity contribution in [1.29, 1.82) is 0 Å². The largest absolute Gasteiger partial charge is 0.443 e. The van der Waals surface area contributed by atoms with Crippen molar-refractivity contribution >= 4 is 17.0 Å². The van der Waals surface area contributed by atoms with Crippen LogP contribution in [0.15, 0.2) is 23.3 Å². The lowest BCUT2D eigenvalue weighted by atomic mass is 10.1. The molecule has 5 heterocycles. The summed E-state index contributed by atoms with van der Waals surface area (Å²) in [4.78, 5) is 17.2. The zero-order valence-electron chi connectivity index (χ0n) is 15.8. The predicted octanol–water partition coefficient (Wildman–Crippen LogP) is 0.569. The van der Waals surface area contributed by atoms with Gasteiger partial charge in [0.15, 0.2) is 29.3 Å². The fourth-order valence-electron chi connectivity index (χ4n) is 3.70. The van der Waals surface area contributed by atoms with Gasteiger partial charge >= 0.3 is 0 Å². The van der Waals surface area contributed by atoms with E-state index >= 15 is 0 Å². The molecule has 29 heavy (non-hydrogen) atoms. The van der Waals surface area contributed by atoms with E-state index in [-0.39, 0.29) is 11.9 Å². The van der Waals surface area contributed by atoms with Crippen LogP contribution in [0.3, 0.4) is 0 Å². The first-order valence-electron chi connectivity index (χ1n) is 9.63. The van der Waals surface area contributed by atoms with Gasteiger partial charge in [-0.25, -0.2) is 19.9 Å². The van der Waals surface area contributed by atoms with Crippen molar-refractivity contribution in [2.24, 2.45) is 0 Å². The van der Waals surface area contributed by atoms with E-state index in [1.165, 1.54) is 12.7 Å². The van der Waals surface area contributed by atoms with Gasteiger partial charge in [-0.15, -0.1) is 0 Å². The Morgan fingerprint density at radius 1 is 1.21 bits per heavy atom. The first kappa shape index (κ1) is 18.4. The third kappa shape index (κ3) is 3.15. The van der Waals surface area contributed by atoms with Gasteiger partial charge in [0.05, 0.1) is 25.2 Å². The Morgan fingerprint density at radius 2 is 2.10 bits per heavy atom. The number of oxazole rings is 1. The van der Waals surface area contributed by atoms with Crippen LogP contribution in [0.5, 0.6) is 0 Å².